The molecule has 1 aliphatic heterocycles. The van der Waals surface area contributed by atoms with Gasteiger partial charge in [0.2, 0.25) is 0 Å². The molecular formula is C21H20O3. The third kappa shape index (κ3) is 3.25. The normalized spacial score (nSPS) is 15.0. The summed E-state index contributed by atoms with van der Waals surface area (Å²) in [5.74, 6) is 1.17. The zero-order chi connectivity index (χ0) is 17.2. The molecule has 1 heterocycles. The minimum atomic E-state index is -0.364. The molecule has 3 rings (SSSR count). The highest BCUT2D eigenvalue weighted by atomic mass is 16.5. The summed E-state index contributed by atoms with van der Waals surface area (Å²) in [6.45, 7) is 3.97. The molecule has 0 aromatic heterocycles. The molecule has 0 N–H and O–H groups in total. The van der Waals surface area contributed by atoms with Crippen molar-refractivity contribution in [2.75, 3.05) is 7.11 Å². The summed E-state index contributed by atoms with van der Waals surface area (Å²) >= 11 is 0. The summed E-state index contributed by atoms with van der Waals surface area (Å²) < 4.78 is 11.4. The molecule has 122 valence electrons. The monoisotopic (exact) mass is 320 g/mol. The van der Waals surface area contributed by atoms with Crippen molar-refractivity contribution in [3.8, 4) is 11.5 Å². The number of hydrogen-bond donors (Lipinski definition) is 0. The number of fused-ring (bicyclic) bond motifs is 1. The largest absolute Gasteiger partial charge is 0.495 e. The zero-order valence-corrected chi connectivity index (χ0v) is 14.1. The predicted octanol–water partition coefficient (Wildman–Crippen LogP) is 4.78. The Hall–Kier alpha value is -2.81. The lowest BCUT2D eigenvalue weighted by Gasteiger charge is -2.29. The second-order valence-electron chi connectivity index (χ2n) is 6.21. The second kappa shape index (κ2) is 6.36. The fraction of sp³-hybridized carbons (Fsp3) is 0.190. The van der Waals surface area contributed by atoms with E-state index in [4.69, 9.17) is 9.47 Å². The Labute approximate surface area is 142 Å². The molecule has 24 heavy (non-hydrogen) atoms. The number of carbonyl (C=O) groups is 1. The highest BCUT2D eigenvalue weighted by Crippen LogP contribution is 2.39. The molecule has 2 aromatic carbocycles. The molecule has 2 aromatic rings. The number of methoxy groups -OCH3 is 1. The van der Waals surface area contributed by atoms with Crippen LogP contribution in [0.2, 0.25) is 0 Å². The van der Waals surface area contributed by atoms with Gasteiger partial charge >= 0.3 is 0 Å². The van der Waals surface area contributed by atoms with Crippen LogP contribution in [0.15, 0.2) is 54.6 Å². The third-order valence-electron chi connectivity index (χ3n) is 3.88. The van der Waals surface area contributed by atoms with Gasteiger partial charge in [-0.05, 0) is 49.8 Å². The van der Waals surface area contributed by atoms with Crippen molar-refractivity contribution in [1.29, 1.82) is 0 Å². The van der Waals surface area contributed by atoms with Gasteiger partial charge in [0.15, 0.2) is 5.78 Å². The van der Waals surface area contributed by atoms with Gasteiger partial charge in [0.25, 0.3) is 0 Å². The Morgan fingerprint density at radius 3 is 2.58 bits per heavy atom. The van der Waals surface area contributed by atoms with E-state index >= 15 is 0 Å². The van der Waals surface area contributed by atoms with E-state index in [1.54, 1.807) is 25.3 Å². The number of ketones is 1. The molecule has 3 nitrogen and oxygen atoms in total. The minimum Gasteiger partial charge on any atom is -0.495 e. The standard InChI is InChI=1S/C21H20O3/c1-21(2)14-13-17-19(24-21)12-10-16(20(17)23-3)18(22)11-9-15-7-5-4-6-8-15/h4-14H,1-3H3/b11-9+. The fourth-order valence-electron chi connectivity index (χ4n) is 2.67. The SMILES string of the molecule is COc1c(C(=O)/C=C/c2ccccc2)ccc2c1C=CC(C)(C)O2. The molecule has 0 unspecified atom stereocenters. The van der Waals surface area contributed by atoms with E-state index in [0.29, 0.717) is 11.3 Å². The molecule has 0 atom stereocenters. The van der Waals surface area contributed by atoms with E-state index in [1.807, 2.05) is 62.4 Å². The van der Waals surface area contributed by atoms with Crippen LogP contribution in [0, 0.1) is 0 Å². The van der Waals surface area contributed by atoms with E-state index in [-0.39, 0.29) is 11.4 Å². The van der Waals surface area contributed by atoms with Crippen LogP contribution in [0.4, 0.5) is 0 Å². The van der Waals surface area contributed by atoms with Gasteiger partial charge in [-0.25, -0.2) is 0 Å². The van der Waals surface area contributed by atoms with Crippen LogP contribution in [0.1, 0.15) is 35.3 Å². The second-order valence-corrected chi connectivity index (χ2v) is 6.21. The van der Waals surface area contributed by atoms with Crippen LogP contribution in [0.5, 0.6) is 11.5 Å². The number of rotatable bonds is 4. The van der Waals surface area contributed by atoms with Crippen LogP contribution in [-0.4, -0.2) is 18.5 Å². The summed E-state index contributed by atoms with van der Waals surface area (Å²) in [5.41, 5.74) is 1.94. The van der Waals surface area contributed by atoms with Crippen molar-refractivity contribution in [1.82, 2.24) is 0 Å². The number of carbonyl (C=O) groups excluding carboxylic acids is 1. The number of benzene rings is 2. The summed E-state index contributed by atoms with van der Waals surface area (Å²) in [6, 6.07) is 13.3. The summed E-state index contributed by atoms with van der Waals surface area (Å²) in [7, 11) is 1.57. The number of allylic oxidation sites excluding steroid dienone is 1. The lowest BCUT2D eigenvalue weighted by molar-refractivity contribution is 0.104. The van der Waals surface area contributed by atoms with Gasteiger partial charge in [0.05, 0.1) is 18.2 Å². The Bertz CT molecular complexity index is 814. The molecule has 0 saturated heterocycles. The van der Waals surface area contributed by atoms with E-state index in [0.717, 1.165) is 16.9 Å². The maximum atomic E-state index is 12.6. The smallest absolute Gasteiger partial charge is 0.189 e. The Kier molecular flexibility index (Phi) is 4.26. The van der Waals surface area contributed by atoms with Crippen molar-refractivity contribution < 1.29 is 14.3 Å². The average molecular weight is 320 g/mol. The maximum absolute atomic E-state index is 12.6. The average Bonchev–Trinajstić information content (AvgIpc) is 2.58. The van der Waals surface area contributed by atoms with Gasteiger partial charge in [-0.3, -0.25) is 4.79 Å². The van der Waals surface area contributed by atoms with E-state index in [1.165, 1.54) is 0 Å². The molecule has 0 spiro atoms. The highest BCUT2D eigenvalue weighted by molar-refractivity contribution is 6.09. The van der Waals surface area contributed by atoms with Crippen LogP contribution in [-0.2, 0) is 0 Å². The summed E-state index contributed by atoms with van der Waals surface area (Å²) in [6.07, 6.45) is 7.29. The van der Waals surface area contributed by atoms with Gasteiger partial charge in [-0.1, -0.05) is 36.4 Å². The first-order chi connectivity index (χ1) is 11.5. The van der Waals surface area contributed by atoms with Crippen molar-refractivity contribution in [3.05, 3.63) is 71.3 Å². The van der Waals surface area contributed by atoms with Crippen molar-refractivity contribution >= 4 is 17.9 Å². The maximum Gasteiger partial charge on any atom is 0.189 e. The van der Waals surface area contributed by atoms with E-state index < -0.39 is 0 Å². The summed E-state index contributed by atoms with van der Waals surface area (Å²) in [5, 5.41) is 0. The lowest BCUT2D eigenvalue weighted by atomic mass is 9.98. The van der Waals surface area contributed by atoms with Gasteiger partial charge in [-0.2, -0.15) is 0 Å². The first kappa shape index (κ1) is 16.1. The van der Waals surface area contributed by atoms with Gasteiger partial charge in [0, 0.05) is 0 Å². The van der Waals surface area contributed by atoms with Crippen LogP contribution in [0.25, 0.3) is 12.2 Å². The van der Waals surface area contributed by atoms with Crippen LogP contribution in [0.3, 0.4) is 0 Å². The van der Waals surface area contributed by atoms with E-state index in [9.17, 15) is 4.79 Å². The molecule has 0 bridgehead atoms. The molecule has 3 heteroatoms. The fourth-order valence-corrected chi connectivity index (χ4v) is 2.67. The number of ether oxygens (including phenoxy) is 2. The van der Waals surface area contributed by atoms with Crippen molar-refractivity contribution in [2.45, 2.75) is 19.4 Å². The van der Waals surface area contributed by atoms with Gasteiger partial charge in [0.1, 0.15) is 17.1 Å². The molecule has 0 saturated carbocycles. The lowest BCUT2D eigenvalue weighted by Crippen LogP contribution is -2.27. The molecule has 0 fully saturated rings. The quantitative estimate of drug-likeness (QED) is 0.601. The van der Waals surface area contributed by atoms with Crippen LogP contribution < -0.4 is 9.47 Å². The minimum absolute atomic E-state index is 0.100. The Morgan fingerprint density at radius 2 is 1.88 bits per heavy atom. The first-order valence-corrected chi connectivity index (χ1v) is 7.87. The Balaban J connectivity index is 1.94. The topological polar surface area (TPSA) is 35.5 Å². The zero-order valence-electron chi connectivity index (χ0n) is 14.1. The van der Waals surface area contributed by atoms with Gasteiger partial charge < -0.3 is 9.47 Å². The molecular weight excluding hydrogens is 300 g/mol. The first-order valence-electron chi connectivity index (χ1n) is 7.87. The van der Waals surface area contributed by atoms with Crippen LogP contribution >= 0.6 is 0 Å². The molecule has 0 amide bonds. The molecule has 0 aliphatic carbocycles. The predicted molar refractivity (Wildman–Crippen MR) is 96.5 cm³/mol. The van der Waals surface area contributed by atoms with Crippen molar-refractivity contribution in [2.24, 2.45) is 0 Å². The molecule has 1 aliphatic rings. The highest BCUT2D eigenvalue weighted by Gasteiger charge is 2.26. The Morgan fingerprint density at radius 1 is 1.12 bits per heavy atom. The summed E-state index contributed by atoms with van der Waals surface area (Å²) in [4.78, 5) is 12.6. The third-order valence-corrected chi connectivity index (χ3v) is 3.88. The number of hydrogen-bond acceptors (Lipinski definition) is 3. The van der Waals surface area contributed by atoms with E-state index in [2.05, 4.69) is 0 Å². The molecule has 0 radical (unpaired) electrons. The van der Waals surface area contributed by atoms with Crippen molar-refractivity contribution in [3.63, 3.8) is 0 Å². The van der Waals surface area contributed by atoms with Gasteiger partial charge in [-0.15, -0.1) is 0 Å².